The van der Waals surface area contributed by atoms with Gasteiger partial charge in [0.15, 0.2) is 0 Å². The lowest BCUT2D eigenvalue weighted by Gasteiger charge is -2.30. The molecular formula is C21H34N2O3. The number of hydrogen-bond donors (Lipinski definition) is 1. The van der Waals surface area contributed by atoms with Crippen LogP contribution in [0, 0.1) is 5.92 Å². The van der Waals surface area contributed by atoms with Crippen molar-refractivity contribution in [1.29, 1.82) is 0 Å². The highest BCUT2D eigenvalue weighted by Gasteiger charge is 2.27. The molecule has 0 bridgehead atoms. The van der Waals surface area contributed by atoms with Crippen LogP contribution in [-0.2, 0) is 9.53 Å². The number of amides is 1. The first kappa shape index (κ1) is 20.7. The van der Waals surface area contributed by atoms with Crippen molar-refractivity contribution >= 4 is 11.6 Å². The van der Waals surface area contributed by atoms with Gasteiger partial charge in [-0.05, 0) is 76.8 Å². The Morgan fingerprint density at radius 3 is 2.69 bits per heavy atom. The lowest BCUT2D eigenvalue weighted by molar-refractivity contribution is -0.136. The molecule has 1 N–H and O–H groups in total. The molecule has 146 valence electrons. The maximum atomic E-state index is 12.2. The smallest absolute Gasteiger partial charge is 0.256 e. The van der Waals surface area contributed by atoms with Gasteiger partial charge in [-0.2, -0.15) is 0 Å². The van der Waals surface area contributed by atoms with E-state index in [2.05, 4.69) is 17.1 Å². The average molecular weight is 363 g/mol. The number of anilines is 1. The number of hydrogen-bond acceptors (Lipinski definition) is 4. The summed E-state index contributed by atoms with van der Waals surface area (Å²) in [7, 11) is 0. The van der Waals surface area contributed by atoms with Crippen molar-refractivity contribution in [3.63, 3.8) is 0 Å². The normalized spacial score (nSPS) is 18.5. The van der Waals surface area contributed by atoms with Gasteiger partial charge in [0.25, 0.3) is 5.91 Å². The summed E-state index contributed by atoms with van der Waals surface area (Å²) >= 11 is 0. The number of ether oxygens (including phenoxy) is 2. The number of carbonyl (C=O) groups excluding carboxylic acids is 1. The Balaban J connectivity index is 1.71. The number of carbonyl (C=O) groups is 1. The van der Waals surface area contributed by atoms with Gasteiger partial charge in [-0.25, -0.2) is 0 Å². The topological polar surface area (TPSA) is 50.8 Å². The molecule has 26 heavy (non-hydrogen) atoms. The predicted molar refractivity (Wildman–Crippen MR) is 106 cm³/mol. The minimum Gasteiger partial charge on any atom is -0.494 e. The van der Waals surface area contributed by atoms with Gasteiger partial charge >= 0.3 is 0 Å². The Kier molecular flexibility index (Phi) is 7.91. The summed E-state index contributed by atoms with van der Waals surface area (Å²) in [5.41, 5.74) is -0.0898. The minimum atomic E-state index is -0.837. The maximum absolute atomic E-state index is 12.2. The molecule has 5 nitrogen and oxygen atoms in total. The molecule has 0 aliphatic carbocycles. The van der Waals surface area contributed by atoms with E-state index in [1.165, 1.54) is 25.9 Å². The van der Waals surface area contributed by atoms with Gasteiger partial charge in [0.05, 0.1) is 6.61 Å². The molecule has 1 aliphatic rings. The highest BCUT2D eigenvalue weighted by molar-refractivity contribution is 5.96. The standard InChI is InChI=1S/C21H34N2O3/c1-5-26-21(3,4)20(24)22-18-9-11-19(12-10-18)25-15-7-14-23-13-6-8-17(2)16-23/h9-12,17H,5-8,13-16H2,1-4H3,(H,22,24)/t17-/m0/s1. The van der Waals surface area contributed by atoms with Crippen molar-refractivity contribution in [2.24, 2.45) is 5.92 Å². The zero-order valence-electron chi connectivity index (χ0n) is 16.7. The van der Waals surface area contributed by atoms with Gasteiger partial charge in [0, 0.05) is 25.4 Å². The summed E-state index contributed by atoms with van der Waals surface area (Å²) in [4.78, 5) is 14.8. The van der Waals surface area contributed by atoms with Crippen LogP contribution in [0.15, 0.2) is 24.3 Å². The third kappa shape index (κ3) is 6.61. The van der Waals surface area contributed by atoms with Gasteiger partial charge in [-0.3, -0.25) is 4.79 Å². The van der Waals surface area contributed by atoms with E-state index < -0.39 is 5.60 Å². The van der Waals surface area contributed by atoms with Crippen LogP contribution in [0.5, 0.6) is 5.75 Å². The molecule has 1 fully saturated rings. The number of likely N-dealkylation sites (tertiary alicyclic amines) is 1. The highest BCUT2D eigenvalue weighted by atomic mass is 16.5. The van der Waals surface area contributed by atoms with E-state index >= 15 is 0 Å². The van der Waals surface area contributed by atoms with E-state index in [0.29, 0.717) is 13.2 Å². The molecule has 0 radical (unpaired) electrons. The molecule has 1 saturated heterocycles. The molecular weight excluding hydrogens is 328 g/mol. The molecule has 0 spiro atoms. The van der Waals surface area contributed by atoms with E-state index in [0.717, 1.165) is 30.3 Å². The number of nitrogens with one attached hydrogen (secondary N) is 1. The minimum absolute atomic E-state index is 0.149. The van der Waals surface area contributed by atoms with Crippen molar-refractivity contribution in [3.05, 3.63) is 24.3 Å². The fourth-order valence-electron chi connectivity index (χ4n) is 3.31. The summed E-state index contributed by atoms with van der Waals surface area (Å²) in [6.07, 6.45) is 3.71. The van der Waals surface area contributed by atoms with Crippen molar-refractivity contribution < 1.29 is 14.3 Å². The third-order valence-electron chi connectivity index (χ3n) is 4.79. The van der Waals surface area contributed by atoms with Gasteiger partial charge in [-0.15, -0.1) is 0 Å². The molecule has 0 unspecified atom stereocenters. The van der Waals surface area contributed by atoms with Gasteiger partial charge in [0.1, 0.15) is 11.4 Å². The second kappa shape index (κ2) is 9.93. The fraction of sp³-hybridized carbons (Fsp3) is 0.667. The van der Waals surface area contributed by atoms with Gasteiger partial charge in [0.2, 0.25) is 0 Å². The SMILES string of the molecule is CCOC(C)(C)C(=O)Nc1ccc(OCCCN2CCC[C@H](C)C2)cc1. The Morgan fingerprint density at radius 1 is 1.31 bits per heavy atom. The first-order valence-corrected chi connectivity index (χ1v) is 9.81. The Hall–Kier alpha value is -1.59. The molecule has 2 rings (SSSR count). The molecule has 1 aromatic carbocycles. The van der Waals surface area contributed by atoms with Crippen molar-refractivity contribution in [2.45, 2.75) is 52.6 Å². The summed E-state index contributed by atoms with van der Waals surface area (Å²) in [5, 5.41) is 2.88. The summed E-state index contributed by atoms with van der Waals surface area (Å²) in [5.74, 6) is 1.50. The van der Waals surface area contributed by atoms with Crippen LogP contribution in [0.2, 0.25) is 0 Å². The second-order valence-corrected chi connectivity index (χ2v) is 7.67. The van der Waals surface area contributed by atoms with E-state index in [9.17, 15) is 4.79 Å². The molecule has 1 amide bonds. The van der Waals surface area contributed by atoms with Crippen molar-refractivity contribution in [1.82, 2.24) is 4.90 Å². The van der Waals surface area contributed by atoms with E-state index in [1.807, 2.05) is 31.2 Å². The van der Waals surface area contributed by atoms with E-state index in [-0.39, 0.29) is 5.91 Å². The van der Waals surface area contributed by atoms with Crippen LogP contribution in [0.4, 0.5) is 5.69 Å². The molecule has 0 aromatic heterocycles. The molecule has 1 atom stereocenters. The zero-order valence-corrected chi connectivity index (χ0v) is 16.7. The largest absolute Gasteiger partial charge is 0.494 e. The molecule has 1 heterocycles. The maximum Gasteiger partial charge on any atom is 0.256 e. The number of rotatable bonds is 9. The molecule has 0 saturated carbocycles. The van der Waals surface area contributed by atoms with E-state index in [4.69, 9.17) is 9.47 Å². The Morgan fingerprint density at radius 2 is 2.04 bits per heavy atom. The summed E-state index contributed by atoms with van der Waals surface area (Å²) in [6.45, 7) is 12.5. The first-order valence-electron chi connectivity index (χ1n) is 9.81. The third-order valence-corrected chi connectivity index (χ3v) is 4.79. The summed E-state index contributed by atoms with van der Waals surface area (Å²) < 4.78 is 11.3. The van der Waals surface area contributed by atoms with Crippen LogP contribution < -0.4 is 10.1 Å². The first-order chi connectivity index (χ1) is 12.4. The number of benzene rings is 1. The average Bonchev–Trinajstić information content (AvgIpc) is 2.60. The lowest BCUT2D eigenvalue weighted by atomic mass is 10.0. The summed E-state index contributed by atoms with van der Waals surface area (Å²) in [6, 6.07) is 7.52. The number of piperidine rings is 1. The Labute approximate surface area is 158 Å². The second-order valence-electron chi connectivity index (χ2n) is 7.67. The van der Waals surface area contributed by atoms with Gasteiger partial charge < -0.3 is 19.7 Å². The Bertz CT molecular complexity index is 557. The zero-order chi connectivity index (χ0) is 19.0. The number of nitrogens with zero attached hydrogens (tertiary/aromatic N) is 1. The highest BCUT2D eigenvalue weighted by Crippen LogP contribution is 2.19. The monoisotopic (exact) mass is 362 g/mol. The molecule has 1 aliphatic heterocycles. The quantitative estimate of drug-likeness (QED) is 0.676. The van der Waals surface area contributed by atoms with E-state index in [1.54, 1.807) is 13.8 Å². The lowest BCUT2D eigenvalue weighted by Crippen LogP contribution is -2.39. The van der Waals surface area contributed by atoms with Crippen LogP contribution in [0.3, 0.4) is 0 Å². The predicted octanol–water partition coefficient (Wildman–Crippen LogP) is 3.94. The molecule has 1 aromatic rings. The van der Waals surface area contributed by atoms with Gasteiger partial charge in [-0.1, -0.05) is 6.92 Å². The fourth-order valence-corrected chi connectivity index (χ4v) is 3.31. The van der Waals surface area contributed by atoms with Crippen LogP contribution >= 0.6 is 0 Å². The van der Waals surface area contributed by atoms with Crippen LogP contribution in [0.25, 0.3) is 0 Å². The van der Waals surface area contributed by atoms with Crippen molar-refractivity contribution in [3.8, 4) is 5.75 Å². The van der Waals surface area contributed by atoms with Crippen LogP contribution in [0.1, 0.15) is 47.0 Å². The van der Waals surface area contributed by atoms with Crippen molar-refractivity contribution in [2.75, 3.05) is 38.2 Å². The van der Waals surface area contributed by atoms with Crippen LogP contribution in [-0.4, -0.2) is 49.3 Å². The molecule has 5 heteroatoms.